The molecule has 0 heterocycles. The van der Waals surface area contributed by atoms with Gasteiger partial charge in [0.05, 0.1) is 6.04 Å². The molecule has 1 aromatic carbocycles. The van der Waals surface area contributed by atoms with Crippen LogP contribution in [0.5, 0.6) is 0 Å². The largest absolute Gasteiger partial charge is 0.444 e. The zero-order valence-electron chi connectivity index (χ0n) is 15.5. The van der Waals surface area contributed by atoms with Gasteiger partial charge in [-0.1, -0.05) is 18.9 Å². The zero-order chi connectivity index (χ0) is 19.3. The predicted molar refractivity (Wildman–Crippen MR) is 97.8 cm³/mol. The number of carbonyl (C=O) groups excluding carboxylic acids is 3. The Labute approximate surface area is 153 Å². The summed E-state index contributed by atoms with van der Waals surface area (Å²) in [5.41, 5.74) is 5.33. The lowest BCUT2D eigenvalue weighted by Gasteiger charge is -2.33. The zero-order valence-corrected chi connectivity index (χ0v) is 15.5. The van der Waals surface area contributed by atoms with Crippen LogP contribution in [0.2, 0.25) is 0 Å². The number of amides is 3. The van der Waals surface area contributed by atoms with Crippen molar-refractivity contribution in [1.29, 1.82) is 0 Å². The molecule has 0 aromatic heterocycles. The summed E-state index contributed by atoms with van der Waals surface area (Å²) in [5.74, 6) is -0.877. The summed E-state index contributed by atoms with van der Waals surface area (Å²) < 4.78 is 5.31. The number of primary amides is 1. The molecule has 1 aliphatic carbocycles. The third-order valence-electron chi connectivity index (χ3n) is 4.19. The second-order valence-corrected chi connectivity index (χ2v) is 7.56. The van der Waals surface area contributed by atoms with Gasteiger partial charge in [0.1, 0.15) is 5.60 Å². The maximum Gasteiger partial charge on any atom is 0.407 e. The van der Waals surface area contributed by atoms with Gasteiger partial charge in [0.15, 0.2) is 0 Å². The molecule has 2 rings (SSSR count). The topological polar surface area (TPSA) is 111 Å². The minimum atomic E-state index is -0.582. The number of rotatable bonds is 4. The first-order valence-corrected chi connectivity index (χ1v) is 8.86. The Morgan fingerprint density at radius 2 is 1.62 bits per heavy atom. The Hall–Kier alpha value is -2.57. The molecule has 1 aliphatic rings. The first kappa shape index (κ1) is 19.8. The monoisotopic (exact) mass is 361 g/mol. The number of nitrogens with one attached hydrogen (secondary N) is 2. The standard InChI is InChI=1S/C19H27N3O4/c1-19(2,3)26-18(25)22-15-10-5-4-9-14(15)21-17(24)13-8-6-7-12(11-13)16(20)23/h6-8,11,14-15H,4-5,9-10H2,1-3H3,(H2,20,23)(H,21,24)(H,22,25)/t14-,15+/m1/s1. The smallest absolute Gasteiger partial charge is 0.407 e. The summed E-state index contributed by atoms with van der Waals surface area (Å²) in [4.78, 5) is 35.9. The second-order valence-electron chi connectivity index (χ2n) is 7.56. The molecule has 7 nitrogen and oxygen atoms in total. The fourth-order valence-electron chi connectivity index (χ4n) is 3.00. The third-order valence-corrected chi connectivity index (χ3v) is 4.19. The molecule has 0 bridgehead atoms. The number of hydrogen-bond donors (Lipinski definition) is 3. The highest BCUT2D eigenvalue weighted by molar-refractivity contribution is 5.99. The van der Waals surface area contributed by atoms with Gasteiger partial charge in [0.2, 0.25) is 5.91 Å². The summed E-state index contributed by atoms with van der Waals surface area (Å²) in [6.45, 7) is 5.41. The van der Waals surface area contributed by atoms with E-state index in [9.17, 15) is 14.4 Å². The van der Waals surface area contributed by atoms with Crippen molar-refractivity contribution in [2.45, 2.75) is 64.1 Å². The van der Waals surface area contributed by atoms with Gasteiger partial charge < -0.3 is 21.1 Å². The molecule has 26 heavy (non-hydrogen) atoms. The summed E-state index contributed by atoms with van der Waals surface area (Å²) >= 11 is 0. The molecular weight excluding hydrogens is 334 g/mol. The van der Waals surface area contributed by atoms with E-state index >= 15 is 0 Å². The number of hydrogen-bond acceptors (Lipinski definition) is 4. The molecule has 7 heteroatoms. The first-order valence-electron chi connectivity index (χ1n) is 8.86. The molecule has 0 saturated heterocycles. The molecular formula is C19H27N3O4. The normalized spacial score (nSPS) is 20.1. The van der Waals surface area contributed by atoms with Crippen molar-refractivity contribution in [2.75, 3.05) is 0 Å². The number of alkyl carbamates (subject to hydrolysis) is 1. The van der Waals surface area contributed by atoms with E-state index in [1.54, 1.807) is 39.0 Å². The van der Waals surface area contributed by atoms with Crippen molar-refractivity contribution in [1.82, 2.24) is 10.6 Å². The van der Waals surface area contributed by atoms with Crippen molar-refractivity contribution in [2.24, 2.45) is 5.73 Å². The summed E-state index contributed by atoms with van der Waals surface area (Å²) in [7, 11) is 0. The number of carbonyl (C=O) groups is 3. The molecule has 0 spiro atoms. The van der Waals surface area contributed by atoms with E-state index in [1.165, 1.54) is 6.07 Å². The van der Waals surface area contributed by atoms with Gasteiger partial charge in [-0.25, -0.2) is 4.79 Å². The van der Waals surface area contributed by atoms with Gasteiger partial charge in [0, 0.05) is 17.2 Å². The SMILES string of the molecule is CC(C)(C)OC(=O)N[C@H]1CCCC[C@H]1NC(=O)c1cccc(C(N)=O)c1. The molecule has 0 unspecified atom stereocenters. The molecule has 0 radical (unpaired) electrons. The Bertz CT molecular complexity index is 682. The maximum absolute atomic E-state index is 12.5. The van der Waals surface area contributed by atoms with Crippen molar-refractivity contribution in [3.8, 4) is 0 Å². The number of benzene rings is 1. The van der Waals surface area contributed by atoms with E-state index in [0.717, 1.165) is 25.7 Å². The summed E-state index contributed by atoms with van der Waals surface area (Å²) in [5, 5.41) is 5.82. The molecule has 2 atom stereocenters. The van der Waals surface area contributed by atoms with Gasteiger partial charge in [-0.2, -0.15) is 0 Å². The fraction of sp³-hybridized carbons (Fsp3) is 0.526. The van der Waals surface area contributed by atoms with Crippen LogP contribution >= 0.6 is 0 Å². The van der Waals surface area contributed by atoms with Crippen LogP contribution in [0.25, 0.3) is 0 Å². The van der Waals surface area contributed by atoms with Crippen molar-refractivity contribution < 1.29 is 19.1 Å². The van der Waals surface area contributed by atoms with Gasteiger partial charge >= 0.3 is 6.09 Å². The van der Waals surface area contributed by atoms with Crippen molar-refractivity contribution in [3.05, 3.63) is 35.4 Å². The van der Waals surface area contributed by atoms with Crippen molar-refractivity contribution in [3.63, 3.8) is 0 Å². The van der Waals surface area contributed by atoms with Crippen LogP contribution < -0.4 is 16.4 Å². The summed E-state index contributed by atoms with van der Waals surface area (Å²) in [6.07, 6.45) is 3.00. The average molecular weight is 361 g/mol. The quantitative estimate of drug-likeness (QED) is 0.764. The summed E-state index contributed by atoms with van der Waals surface area (Å²) in [6, 6.07) is 5.89. The molecule has 1 fully saturated rings. The molecule has 4 N–H and O–H groups in total. The van der Waals surface area contributed by atoms with E-state index in [4.69, 9.17) is 10.5 Å². The number of ether oxygens (including phenoxy) is 1. The van der Waals surface area contributed by atoms with Gasteiger partial charge in [0.25, 0.3) is 5.91 Å². The predicted octanol–water partition coefficient (Wildman–Crippen LogP) is 2.35. The average Bonchev–Trinajstić information content (AvgIpc) is 2.55. The lowest BCUT2D eigenvalue weighted by Crippen LogP contribution is -2.53. The molecule has 0 aliphatic heterocycles. The maximum atomic E-state index is 12.5. The fourth-order valence-corrected chi connectivity index (χ4v) is 3.00. The lowest BCUT2D eigenvalue weighted by atomic mass is 9.90. The minimum Gasteiger partial charge on any atom is -0.444 e. The Kier molecular flexibility index (Phi) is 6.23. The highest BCUT2D eigenvalue weighted by Crippen LogP contribution is 2.20. The van der Waals surface area contributed by atoms with Crippen LogP contribution in [0.1, 0.15) is 67.2 Å². The molecule has 1 aromatic rings. The van der Waals surface area contributed by atoms with Crippen molar-refractivity contribution >= 4 is 17.9 Å². The molecule has 1 saturated carbocycles. The third kappa shape index (κ3) is 5.75. The van der Waals surface area contributed by atoms with E-state index in [1.807, 2.05) is 0 Å². The Morgan fingerprint density at radius 3 is 2.19 bits per heavy atom. The highest BCUT2D eigenvalue weighted by Gasteiger charge is 2.29. The second kappa shape index (κ2) is 8.21. The van der Waals surface area contributed by atoms with Crippen LogP contribution in [0.4, 0.5) is 4.79 Å². The van der Waals surface area contributed by atoms with Gasteiger partial charge in [-0.05, 0) is 51.8 Å². The van der Waals surface area contributed by atoms with Crippen LogP contribution in [0, 0.1) is 0 Å². The van der Waals surface area contributed by atoms with Crippen LogP contribution in [-0.4, -0.2) is 35.6 Å². The van der Waals surface area contributed by atoms with Crippen LogP contribution in [-0.2, 0) is 4.74 Å². The number of nitrogens with two attached hydrogens (primary N) is 1. The lowest BCUT2D eigenvalue weighted by molar-refractivity contribution is 0.0474. The van der Waals surface area contributed by atoms with Crippen LogP contribution in [0.15, 0.2) is 24.3 Å². The highest BCUT2D eigenvalue weighted by atomic mass is 16.6. The molecule has 3 amide bonds. The Balaban J connectivity index is 2.03. The van der Waals surface area contributed by atoms with Crippen LogP contribution in [0.3, 0.4) is 0 Å². The Morgan fingerprint density at radius 1 is 1.04 bits per heavy atom. The van der Waals surface area contributed by atoms with Gasteiger partial charge in [-0.15, -0.1) is 0 Å². The van der Waals surface area contributed by atoms with E-state index < -0.39 is 17.6 Å². The minimum absolute atomic E-state index is 0.193. The first-order chi connectivity index (χ1) is 12.2. The van der Waals surface area contributed by atoms with E-state index in [2.05, 4.69) is 10.6 Å². The van der Waals surface area contributed by atoms with Gasteiger partial charge in [-0.3, -0.25) is 9.59 Å². The van der Waals surface area contributed by atoms with E-state index in [-0.39, 0.29) is 23.6 Å². The molecule has 142 valence electrons. The van der Waals surface area contributed by atoms with E-state index in [0.29, 0.717) is 5.56 Å².